The zero-order valence-corrected chi connectivity index (χ0v) is 16.8. The summed E-state index contributed by atoms with van der Waals surface area (Å²) in [6, 6.07) is 2.35. The van der Waals surface area contributed by atoms with Crippen LogP contribution in [0.1, 0.15) is 6.92 Å². The second-order valence-corrected chi connectivity index (χ2v) is 7.33. The van der Waals surface area contributed by atoms with Gasteiger partial charge in [0.05, 0.1) is 38.0 Å². The normalized spacial score (nSPS) is 17.8. The van der Waals surface area contributed by atoms with E-state index in [0.29, 0.717) is 42.9 Å². The smallest absolute Gasteiger partial charge is 0.226 e. The van der Waals surface area contributed by atoms with Gasteiger partial charge < -0.3 is 19.9 Å². The largest absolute Gasteiger partial charge is 0.477 e. The first kappa shape index (κ1) is 20.6. The molecule has 30 heavy (non-hydrogen) atoms. The van der Waals surface area contributed by atoms with Crippen LogP contribution in [0.5, 0.6) is 5.88 Å². The van der Waals surface area contributed by atoms with Gasteiger partial charge in [-0.15, -0.1) is 0 Å². The van der Waals surface area contributed by atoms with Crippen LogP contribution in [-0.4, -0.2) is 47.5 Å². The molecule has 2 atom stereocenters. The van der Waals surface area contributed by atoms with E-state index in [1.807, 2.05) is 6.92 Å². The summed E-state index contributed by atoms with van der Waals surface area (Å²) in [7, 11) is 0. The van der Waals surface area contributed by atoms with Crippen LogP contribution in [0, 0.1) is 17.6 Å². The monoisotopic (exact) mass is 436 g/mol. The highest BCUT2D eigenvalue weighted by Gasteiger charge is 2.24. The van der Waals surface area contributed by atoms with Gasteiger partial charge in [0.25, 0.3) is 0 Å². The Labute approximate surface area is 176 Å². The average molecular weight is 437 g/mol. The van der Waals surface area contributed by atoms with E-state index < -0.39 is 16.7 Å². The number of anilines is 1. The maximum Gasteiger partial charge on any atom is 0.226 e. The maximum atomic E-state index is 14.6. The van der Waals surface area contributed by atoms with E-state index in [4.69, 9.17) is 31.5 Å². The molecule has 7 nitrogen and oxygen atoms in total. The molecule has 0 radical (unpaired) electrons. The summed E-state index contributed by atoms with van der Waals surface area (Å²) in [5.41, 5.74) is 6.71. The van der Waals surface area contributed by atoms with E-state index in [1.54, 1.807) is 0 Å². The van der Waals surface area contributed by atoms with Crippen LogP contribution in [0.3, 0.4) is 0 Å². The van der Waals surface area contributed by atoms with Gasteiger partial charge in [-0.3, -0.25) is 0 Å². The third-order valence-electron chi connectivity index (χ3n) is 4.94. The lowest BCUT2D eigenvalue weighted by Crippen LogP contribution is -2.36. The highest BCUT2D eigenvalue weighted by molar-refractivity contribution is 6.31. The fraction of sp³-hybridized carbons (Fsp3) is 0.350. The summed E-state index contributed by atoms with van der Waals surface area (Å²) in [5, 5.41) is -0.269. The highest BCUT2D eigenvalue weighted by atomic mass is 35.5. The van der Waals surface area contributed by atoms with Gasteiger partial charge in [-0.05, 0) is 12.1 Å². The van der Waals surface area contributed by atoms with Gasteiger partial charge in [0.15, 0.2) is 5.82 Å². The Kier molecular flexibility index (Phi) is 5.94. The lowest BCUT2D eigenvalue weighted by atomic mass is 10.0. The Morgan fingerprint density at radius 2 is 2.07 bits per heavy atom. The minimum Gasteiger partial charge on any atom is -0.477 e. The van der Waals surface area contributed by atoms with Crippen molar-refractivity contribution >= 4 is 28.3 Å². The number of nitrogens with two attached hydrogens (primary N) is 1. The van der Waals surface area contributed by atoms with Crippen LogP contribution in [0.2, 0.25) is 5.02 Å². The Bertz CT molecular complexity index is 1080. The first-order chi connectivity index (χ1) is 14.5. The second-order valence-electron chi connectivity index (χ2n) is 6.95. The minimum absolute atomic E-state index is 0.0287. The molecule has 1 saturated heterocycles. The Balaban J connectivity index is 1.70. The first-order valence-electron chi connectivity index (χ1n) is 9.32. The molecule has 1 fully saturated rings. The van der Waals surface area contributed by atoms with Gasteiger partial charge in [-0.2, -0.15) is 0 Å². The number of nitrogens with zero attached hydrogens (tertiary/aromatic N) is 3. The predicted octanol–water partition coefficient (Wildman–Crippen LogP) is 3.64. The van der Waals surface area contributed by atoms with Gasteiger partial charge in [0.2, 0.25) is 5.88 Å². The molecule has 4 rings (SSSR count). The molecule has 1 aromatic carbocycles. The summed E-state index contributed by atoms with van der Waals surface area (Å²) in [6.45, 7) is 3.88. The fourth-order valence-electron chi connectivity index (χ4n) is 3.26. The first-order valence-corrected chi connectivity index (χ1v) is 9.70. The van der Waals surface area contributed by atoms with Crippen LogP contribution in [0.4, 0.5) is 14.6 Å². The summed E-state index contributed by atoms with van der Waals surface area (Å²) in [4.78, 5) is 12.5. The summed E-state index contributed by atoms with van der Waals surface area (Å²) < 4.78 is 45.2. The number of hydrogen-bond donors (Lipinski definition) is 1. The molecular formula is C20H19ClF2N4O3. The number of pyridine rings is 1. The van der Waals surface area contributed by atoms with Crippen molar-refractivity contribution in [3.8, 4) is 17.0 Å². The number of fused-ring (bicyclic) bond motifs is 1. The van der Waals surface area contributed by atoms with Crippen molar-refractivity contribution in [3.05, 3.63) is 41.3 Å². The van der Waals surface area contributed by atoms with Gasteiger partial charge in [0.1, 0.15) is 28.4 Å². The Morgan fingerprint density at radius 1 is 1.23 bits per heavy atom. The third kappa shape index (κ3) is 3.88. The van der Waals surface area contributed by atoms with Crippen LogP contribution >= 0.6 is 11.6 Å². The molecule has 0 aliphatic carbocycles. The number of benzene rings is 1. The molecule has 0 saturated carbocycles. The lowest BCUT2D eigenvalue weighted by molar-refractivity contribution is -0.113. The maximum absolute atomic E-state index is 14.6. The lowest BCUT2D eigenvalue weighted by Gasteiger charge is -2.28. The van der Waals surface area contributed by atoms with Crippen molar-refractivity contribution in [2.75, 3.05) is 32.2 Å². The fourth-order valence-corrected chi connectivity index (χ4v) is 3.42. The van der Waals surface area contributed by atoms with Gasteiger partial charge in [-0.25, -0.2) is 23.7 Å². The minimum atomic E-state index is -0.909. The van der Waals surface area contributed by atoms with Gasteiger partial charge in [-0.1, -0.05) is 18.5 Å². The highest BCUT2D eigenvalue weighted by Crippen LogP contribution is 2.37. The van der Waals surface area contributed by atoms with Crippen molar-refractivity contribution in [2.45, 2.75) is 13.0 Å². The topological polar surface area (TPSA) is 92.4 Å². The van der Waals surface area contributed by atoms with E-state index >= 15 is 0 Å². The number of ether oxygens (including phenoxy) is 3. The molecule has 3 heterocycles. The number of rotatable bonds is 5. The summed E-state index contributed by atoms with van der Waals surface area (Å²) >= 11 is 5.73. The zero-order valence-electron chi connectivity index (χ0n) is 16.1. The number of halogens is 3. The molecule has 3 aromatic rings. The van der Waals surface area contributed by atoms with Crippen LogP contribution in [0.15, 0.2) is 24.7 Å². The number of nitrogen functional groups attached to an aromatic ring is 1. The summed E-state index contributed by atoms with van der Waals surface area (Å²) in [6.07, 6.45) is 2.55. The van der Waals surface area contributed by atoms with E-state index in [2.05, 4.69) is 15.0 Å². The number of aromatic nitrogens is 3. The van der Waals surface area contributed by atoms with E-state index in [9.17, 15) is 8.78 Å². The van der Waals surface area contributed by atoms with Gasteiger partial charge in [0, 0.05) is 23.2 Å². The Hall–Kier alpha value is -2.62. The van der Waals surface area contributed by atoms with Crippen LogP contribution < -0.4 is 10.5 Å². The molecule has 0 spiro atoms. The second kappa shape index (κ2) is 8.63. The van der Waals surface area contributed by atoms with Crippen molar-refractivity contribution in [3.63, 3.8) is 0 Å². The average Bonchev–Trinajstić information content (AvgIpc) is 2.77. The van der Waals surface area contributed by atoms with E-state index in [1.165, 1.54) is 18.6 Å². The zero-order chi connectivity index (χ0) is 21.3. The molecule has 0 bridgehead atoms. The Morgan fingerprint density at radius 3 is 2.83 bits per heavy atom. The molecule has 1 aliphatic heterocycles. The van der Waals surface area contributed by atoms with E-state index in [0.717, 1.165) is 6.07 Å². The molecule has 0 amide bonds. The molecule has 10 heteroatoms. The molecule has 0 unspecified atom stereocenters. The van der Waals surface area contributed by atoms with Gasteiger partial charge >= 0.3 is 0 Å². The molecular weight excluding hydrogens is 418 g/mol. The summed E-state index contributed by atoms with van der Waals surface area (Å²) in [5.74, 6) is -1.39. The quantitative estimate of drug-likeness (QED) is 0.610. The SMILES string of the molecule is C[C@@H](COc1ncc(-c2ccc(F)c(Cl)c2F)c2ncnc(N)c12)[C@@H]1COCCO1. The standard InChI is InChI=1S/C20H19ClF2N4O3/c1-10(14-8-28-4-5-29-14)7-30-20-15-18(26-9-27-19(15)24)12(6-25-20)11-2-3-13(22)16(21)17(11)23/h2-3,6,9-10,14H,4-5,7-8H2,1H3,(H2,24,26,27)/t10-,14-/m0/s1. The molecule has 1 aliphatic rings. The van der Waals surface area contributed by atoms with Crippen molar-refractivity contribution in [2.24, 2.45) is 5.92 Å². The van der Waals surface area contributed by atoms with Crippen LogP contribution in [-0.2, 0) is 9.47 Å². The predicted molar refractivity (Wildman–Crippen MR) is 107 cm³/mol. The van der Waals surface area contributed by atoms with Crippen molar-refractivity contribution in [1.82, 2.24) is 15.0 Å². The van der Waals surface area contributed by atoms with E-state index in [-0.39, 0.29) is 29.3 Å². The number of hydrogen-bond acceptors (Lipinski definition) is 7. The third-order valence-corrected chi connectivity index (χ3v) is 5.29. The molecule has 2 aromatic heterocycles. The van der Waals surface area contributed by atoms with Crippen molar-refractivity contribution < 1.29 is 23.0 Å². The van der Waals surface area contributed by atoms with Crippen LogP contribution in [0.25, 0.3) is 22.0 Å². The molecule has 158 valence electrons. The van der Waals surface area contributed by atoms with Crippen molar-refractivity contribution in [1.29, 1.82) is 0 Å². The molecule has 2 N–H and O–H groups in total.